The van der Waals surface area contributed by atoms with Crippen LogP contribution in [-0.2, 0) is 14.8 Å². The molecule has 0 radical (unpaired) electrons. The highest BCUT2D eigenvalue weighted by Crippen LogP contribution is 2.44. The number of carbonyl (C=O) groups is 1. The maximum Gasteiger partial charge on any atom is 0.264 e. The van der Waals surface area contributed by atoms with Gasteiger partial charge in [0.2, 0.25) is 5.91 Å². The van der Waals surface area contributed by atoms with Gasteiger partial charge < -0.3 is 5.32 Å². The Morgan fingerprint density at radius 1 is 1.03 bits per heavy atom. The van der Waals surface area contributed by atoms with Crippen molar-refractivity contribution in [2.75, 3.05) is 10.8 Å². The van der Waals surface area contributed by atoms with E-state index >= 15 is 0 Å². The quantitative estimate of drug-likeness (QED) is 0.785. The van der Waals surface area contributed by atoms with E-state index in [1.54, 1.807) is 30.3 Å². The van der Waals surface area contributed by atoms with Gasteiger partial charge >= 0.3 is 0 Å². The van der Waals surface area contributed by atoms with Gasteiger partial charge in [-0.2, -0.15) is 0 Å². The molecule has 0 saturated heterocycles. The van der Waals surface area contributed by atoms with E-state index < -0.39 is 10.0 Å². The molecule has 0 heterocycles. The van der Waals surface area contributed by atoms with Gasteiger partial charge in [-0.25, -0.2) is 8.42 Å². The molecule has 2 aromatic rings. The summed E-state index contributed by atoms with van der Waals surface area (Å²) in [4.78, 5) is 13.1. The Balaban J connectivity index is 1.62. The summed E-state index contributed by atoms with van der Waals surface area (Å²) in [6, 6.07) is 14.1. The van der Waals surface area contributed by atoms with E-state index in [9.17, 15) is 13.2 Å². The zero-order valence-electron chi connectivity index (χ0n) is 17.0. The molecule has 2 aliphatic rings. The van der Waals surface area contributed by atoms with Crippen LogP contribution in [0.1, 0.15) is 36.8 Å². The van der Waals surface area contributed by atoms with Crippen LogP contribution < -0.4 is 9.62 Å². The van der Waals surface area contributed by atoms with E-state index in [0.717, 1.165) is 17.5 Å². The van der Waals surface area contributed by atoms with Crippen molar-refractivity contribution < 1.29 is 13.2 Å². The van der Waals surface area contributed by atoms with Crippen LogP contribution in [0.2, 0.25) is 0 Å². The van der Waals surface area contributed by atoms with Crippen LogP contribution in [0.15, 0.2) is 53.4 Å². The van der Waals surface area contributed by atoms with E-state index in [1.165, 1.54) is 23.6 Å². The van der Waals surface area contributed by atoms with Gasteiger partial charge in [-0.15, -0.1) is 0 Å². The Labute approximate surface area is 173 Å². The van der Waals surface area contributed by atoms with Crippen molar-refractivity contribution in [3.8, 4) is 0 Å². The van der Waals surface area contributed by atoms with Crippen molar-refractivity contribution in [2.45, 2.75) is 50.5 Å². The van der Waals surface area contributed by atoms with Crippen LogP contribution in [0.3, 0.4) is 0 Å². The number of aryl methyl sites for hydroxylation is 2. The number of hydrogen-bond donors (Lipinski definition) is 1. The molecule has 1 amide bonds. The number of nitrogens with one attached hydrogen (secondary N) is 1. The lowest BCUT2D eigenvalue weighted by molar-refractivity contribution is -0.120. The Hall–Kier alpha value is -2.34. The summed E-state index contributed by atoms with van der Waals surface area (Å²) >= 11 is 0. The number of anilines is 1. The molecule has 4 rings (SSSR count). The van der Waals surface area contributed by atoms with Gasteiger partial charge in [-0.1, -0.05) is 30.7 Å². The highest BCUT2D eigenvalue weighted by atomic mass is 32.2. The Kier molecular flexibility index (Phi) is 5.38. The summed E-state index contributed by atoms with van der Waals surface area (Å²) in [5, 5.41) is 3.12. The molecule has 0 aromatic heterocycles. The standard InChI is InChI=1S/C23H28N2O3S/c1-16-10-17(2)12-20(11-16)25(29(27,28)21-6-4-3-5-7-21)15-23(26)24-22-14-18-8-9-19(22)13-18/h3-7,10-12,18-19,22H,8-9,13-15H2,1-2H3,(H,24,26)/t18-,19-,22+/m0/s1. The molecule has 0 aliphatic heterocycles. The van der Waals surface area contributed by atoms with Crippen LogP contribution >= 0.6 is 0 Å². The minimum Gasteiger partial charge on any atom is -0.352 e. The number of nitrogens with zero attached hydrogens (tertiary/aromatic N) is 1. The van der Waals surface area contributed by atoms with Gasteiger partial charge in [-0.3, -0.25) is 9.10 Å². The molecule has 0 spiro atoms. The molecule has 2 aromatic carbocycles. The molecule has 29 heavy (non-hydrogen) atoms. The van der Waals surface area contributed by atoms with Gasteiger partial charge in [0.05, 0.1) is 10.6 Å². The fourth-order valence-electron chi connectivity index (χ4n) is 4.93. The highest BCUT2D eigenvalue weighted by molar-refractivity contribution is 7.92. The van der Waals surface area contributed by atoms with E-state index in [-0.39, 0.29) is 23.4 Å². The van der Waals surface area contributed by atoms with Crippen molar-refractivity contribution in [2.24, 2.45) is 11.8 Å². The zero-order valence-corrected chi connectivity index (χ0v) is 17.8. The molecule has 2 bridgehead atoms. The lowest BCUT2D eigenvalue weighted by Gasteiger charge is -2.27. The number of rotatable bonds is 6. The Morgan fingerprint density at radius 2 is 1.72 bits per heavy atom. The van der Waals surface area contributed by atoms with Gasteiger partial charge in [-0.05, 0) is 80.3 Å². The van der Waals surface area contributed by atoms with Gasteiger partial charge in [0.25, 0.3) is 10.0 Å². The number of carbonyl (C=O) groups excluding carboxylic acids is 1. The first-order chi connectivity index (χ1) is 13.8. The third kappa shape index (κ3) is 4.17. The molecule has 2 saturated carbocycles. The number of sulfonamides is 1. The first kappa shape index (κ1) is 20.0. The first-order valence-electron chi connectivity index (χ1n) is 10.3. The van der Waals surface area contributed by atoms with Crippen molar-refractivity contribution in [1.29, 1.82) is 0 Å². The number of fused-ring (bicyclic) bond motifs is 2. The van der Waals surface area contributed by atoms with E-state index in [4.69, 9.17) is 0 Å². The fraction of sp³-hybridized carbons (Fsp3) is 0.435. The third-order valence-electron chi connectivity index (χ3n) is 6.20. The SMILES string of the molecule is Cc1cc(C)cc(N(CC(=O)N[C@@H]2C[C@H]3CC[C@H]2C3)S(=O)(=O)c2ccccc2)c1. The van der Waals surface area contributed by atoms with E-state index in [0.29, 0.717) is 17.5 Å². The molecule has 6 heteroatoms. The number of amides is 1. The molecule has 0 unspecified atom stereocenters. The molecular formula is C23H28N2O3S. The second kappa shape index (κ2) is 7.82. The zero-order chi connectivity index (χ0) is 20.6. The Bertz CT molecular complexity index is 984. The molecular weight excluding hydrogens is 384 g/mol. The molecule has 5 nitrogen and oxygen atoms in total. The minimum atomic E-state index is -3.85. The lowest BCUT2D eigenvalue weighted by atomic mass is 9.95. The average molecular weight is 413 g/mol. The average Bonchev–Trinajstić information content (AvgIpc) is 3.29. The van der Waals surface area contributed by atoms with Gasteiger partial charge in [0.1, 0.15) is 6.54 Å². The monoisotopic (exact) mass is 412 g/mol. The predicted octanol–water partition coefficient (Wildman–Crippen LogP) is 3.80. The maximum absolute atomic E-state index is 13.4. The number of benzene rings is 2. The lowest BCUT2D eigenvalue weighted by Crippen LogP contribution is -2.46. The maximum atomic E-state index is 13.4. The van der Waals surface area contributed by atoms with E-state index in [2.05, 4.69) is 5.32 Å². The largest absolute Gasteiger partial charge is 0.352 e. The molecule has 154 valence electrons. The summed E-state index contributed by atoms with van der Waals surface area (Å²) in [7, 11) is -3.85. The third-order valence-corrected chi connectivity index (χ3v) is 7.99. The van der Waals surface area contributed by atoms with Crippen LogP contribution in [0, 0.1) is 25.7 Å². The highest BCUT2D eigenvalue weighted by Gasteiger charge is 2.40. The summed E-state index contributed by atoms with van der Waals surface area (Å²) in [5.41, 5.74) is 2.44. The van der Waals surface area contributed by atoms with Crippen LogP contribution in [0.5, 0.6) is 0 Å². The number of hydrogen-bond acceptors (Lipinski definition) is 3. The van der Waals surface area contributed by atoms with Crippen molar-refractivity contribution >= 4 is 21.6 Å². The topological polar surface area (TPSA) is 66.5 Å². The molecule has 3 atom stereocenters. The van der Waals surface area contributed by atoms with Crippen LogP contribution in [-0.4, -0.2) is 26.9 Å². The first-order valence-corrected chi connectivity index (χ1v) is 11.7. The molecule has 2 aliphatic carbocycles. The normalized spacial score (nSPS) is 23.2. The van der Waals surface area contributed by atoms with Crippen molar-refractivity contribution in [3.05, 3.63) is 59.7 Å². The fourth-order valence-corrected chi connectivity index (χ4v) is 6.36. The Morgan fingerprint density at radius 3 is 2.31 bits per heavy atom. The second-order valence-corrected chi connectivity index (χ2v) is 10.4. The van der Waals surface area contributed by atoms with E-state index in [1.807, 2.05) is 32.0 Å². The summed E-state index contributed by atoms with van der Waals surface area (Å²) in [6.07, 6.45) is 4.63. The summed E-state index contributed by atoms with van der Waals surface area (Å²) < 4.78 is 28.0. The second-order valence-electron chi connectivity index (χ2n) is 8.52. The van der Waals surface area contributed by atoms with Gasteiger partial charge in [0.15, 0.2) is 0 Å². The smallest absolute Gasteiger partial charge is 0.264 e. The van der Waals surface area contributed by atoms with Crippen molar-refractivity contribution in [1.82, 2.24) is 5.32 Å². The van der Waals surface area contributed by atoms with Crippen LogP contribution in [0.4, 0.5) is 5.69 Å². The minimum absolute atomic E-state index is 0.182. The summed E-state index contributed by atoms with van der Waals surface area (Å²) in [5.74, 6) is 1.03. The van der Waals surface area contributed by atoms with Crippen LogP contribution in [0.25, 0.3) is 0 Å². The van der Waals surface area contributed by atoms with Gasteiger partial charge in [0, 0.05) is 6.04 Å². The van der Waals surface area contributed by atoms with Crippen molar-refractivity contribution in [3.63, 3.8) is 0 Å². The molecule has 2 fully saturated rings. The molecule has 1 N–H and O–H groups in total. The predicted molar refractivity (Wildman–Crippen MR) is 114 cm³/mol. The summed E-state index contributed by atoms with van der Waals surface area (Å²) in [6.45, 7) is 3.65.